The Balaban J connectivity index is 2.62. The summed E-state index contributed by atoms with van der Waals surface area (Å²) >= 11 is 7.36. The van der Waals surface area contributed by atoms with Crippen LogP contribution in [-0.4, -0.2) is 18.3 Å². The van der Waals surface area contributed by atoms with Crippen LogP contribution in [0.5, 0.6) is 0 Å². The van der Waals surface area contributed by atoms with Gasteiger partial charge in [-0.25, -0.2) is 5.48 Å². The predicted octanol–water partition coefficient (Wildman–Crippen LogP) is 2.50. The Bertz CT molecular complexity index is 346. The molecule has 0 bridgehead atoms. The minimum Gasteiger partial charge on any atom is -0.277 e. The largest absolute Gasteiger partial charge is 0.277 e. The number of hydroxylamine groups is 1. The second kappa shape index (κ2) is 6.00. The number of rotatable bonds is 4. The van der Waals surface area contributed by atoms with Crippen molar-refractivity contribution in [3.05, 3.63) is 29.3 Å². The van der Waals surface area contributed by atoms with Gasteiger partial charge in [0.05, 0.1) is 17.4 Å². The van der Waals surface area contributed by atoms with Gasteiger partial charge < -0.3 is 0 Å². The third-order valence-corrected chi connectivity index (χ3v) is 3.33. The lowest BCUT2D eigenvalue weighted by Gasteiger charge is -2.11. The summed E-state index contributed by atoms with van der Waals surface area (Å²) in [6, 6.07) is 7.41. The van der Waals surface area contributed by atoms with E-state index in [1.54, 1.807) is 13.0 Å². The fraction of sp³-hybridized carbons (Fsp3) is 0.300. The number of hydrogen-bond donors (Lipinski definition) is 1. The first-order valence-corrected chi connectivity index (χ1v) is 5.65. The maximum absolute atomic E-state index is 11.4. The Kier molecular flexibility index (Phi) is 4.94. The highest BCUT2D eigenvalue weighted by atomic mass is 35.5. The summed E-state index contributed by atoms with van der Waals surface area (Å²) in [6.07, 6.45) is 0. The van der Waals surface area contributed by atoms with Gasteiger partial charge in [-0.2, -0.15) is 0 Å². The molecule has 1 aromatic rings. The average molecular weight is 246 g/mol. The average Bonchev–Trinajstić information content (AvgIpc) is 2.21. The van der Waals surface area contributed by atoms with E-state index in [9.17, 15) is 4.79 Å². The van der Waals surface area contributed by atoms with Crippen LogP contribution >= 0.6 is 23.4 Å². The van der Waals surface area contributed by atoms with Gasteiger partial charge in [0.1, 0.15) is 0 Å². The summed E-state index contributed by atoms with van der Waals surface area (Å²) in [5, 5.41) is 0.407. The number of thioether (sulfide) groups is 1. The van der Waals surface area contributed by atoms with E-state index in [0.717, 1.165) is 4.90 Å². The molecule has 0 aliphatic heterocycles. The Morgan fingerprint density at radius 3 is 2.80 bits per heavy atom. The van der Waals surface area contributed by atoms with Crippen LogP contribution in [0.2, 0.25) is 5.02 Å². The van der Waals surface area contributed by atoms with E-state index in [1.165, 1.54) is 18.9 Å². The van der Waals surface area contributed by atoms with Crippen LogP contribution in [0.3, 0.4) is 0 Å². The lowest BCUT2D eigenvalue weighted by Crippen LogP contribution is -2.29. The molecule has 0 saturated carbocycles. The van der Waals surface area contributed by atoms with Crippen LogP contribution in [0.4, 0.5) is 0 Å². The van der Waals surface area contributed by atoms with Crippen LogP contribution in [0.15, 0.2) is 29.2 Å². The molecule has 1 amide bonds. The summed E-state index contributed by atoms with van der Waals surface area (Å²) in [5.74, 6) is -0.178. The van der Waals surface area contributed by atoms with E-state index in [-0.39, 0.29) is 11.2 Å². The topological polar surface area (TPSA) is 38.3 Å². The molecule has 0 radical (unpaired) electrons. The monoisotopic (exact) mass is 245 g/mol. The van der Waals surface area contributed by atoms with Crippen molar-refractivity contribution in [2.75, 3.05) is 7.11 Å². The Labute approximate surface area is 98.1 Å². The van der Waals surface area contributed by atoms with Gasteiger partial charge in [0.15, 0.2) is 0 Å². The van der Waals surface area contributed by atoms with Gasteiger partial charge in [0.25, 0.3) is 5.91 Å². The van der Waals surface area contributed by atoms with Crippen LogP contribution in [0, 0.1) is 0 Å². The van der Waals surface area contributed by atoms with Crippen molar-refractivity contribution in [1.29, 1.82) is 0 Å². The van der Waals surface area contributed by atoms with E-state index in [1.807, 2.05) is 18.2 Å². The molecule has 0 aromatic heterocycles. The minimum atomic E-state index is -0.246. The molecule has 0 aliphatic rings. The molecule has 1 unspecified atom stereocenters. The summed E-state index contributed by atoms with van der Waals surface area (Å²) in [5.41, 5.74) is 2.28. The Morgan fingerprint density at radius 2 is 2.20 bits per heavy atom. The molecular weight excluding hydrogens is 234 g/mol. The van der Waals surface area contributed by atoms with Gasteiger partial charge in [-0.15, -0.1) is 11.8 Å². The van der Waals surface area contributed by atoms with Crippen molar-refractivity contribution in [1.82, 2.24) is 5.48 Å². The maximum atomic E-state index is 11.4. The number of carbonyl (C=O) groups is 1. The molecule has 1 atom stereocenters. The molecule has 82 valence electrons. The van der Waals surface area contributed by atoms with Crippen molar-refractivity contribution in [3.8, 4) is 0 Å². The highest BCUT2D eigenvalue weighted by Crippen LogP contribution is 2.29. The van der Waals surface area contributed by atoms with Crippen LogP contribution in [-0.2, 0) is 9.63 Å². The molecule has 0 fully saturated rings. The zero-order chi connectivity index (χ0) is 11.3. The van der Waals surface area contributed by atoms with Gasteiger partial charge in [0, 0.05) is 4.90 Å². The molecule has 15 heavy (non-hydrogen) atoms. The molecule has 1 rings (SSSR count). The molecule has 5 heteroatoms. The summed E-state index contributed by atoms with van der Waals surface area (Å²) < 4.78 is 0. The third-order valence-electron chi connectivity index (χ3n) is 1.71. The number of benzene rings is 1. The number of amides is 1. The number of hydrogen-bond acceptors (Lipinski definition) is 3. The summed E-state index contributed by atoms with van der Waals surface area (Å²) in [6.45, 7) is 1.79. The first-order chi connectivity index (χ1) is 7.15. The standard InChI is InChI=1S/C10H12ClNO2S/c1-7(10(13)12-14-2)15-9-6-4-3-5-8(9)11/h3-7H,1-2H3,(H,12,13). The fourth-order valence-electron chi connectivity index (χ4n) is 0.968. The van der Waals surface area contributed by atoms with Crippen LogP contribution in [0.25, 0.3) is 0 Å². The van der Waals surface area contributed by atoms with E-state index in [4.69, 9.17) is 11.6 Å². The molecule has 0 spiro atoms. The van der Waals surface area contributed by atoms with Gasteiger partial charge in [-0.05, 0) is 19.1 Å². The third kappa shape index (κ3) is 3.74. The van der Waals surface area contributed by atoms with E-state index in [2.05, 4.69) is 10.3 Å². The first kappa shape index (κ1) is 12.4. The highest BCUT2D eigenvalue weighted by Gasteiger charge is 2.15. The number of nitrogens with one attached hydrogen (secondary N) is 1. The summed E-state index contributed by atoms with van der Waals surface area (Å²) in [4.78, 5) is 16.8. The van der Waals surface area contributed by atoms with Crippen molar-refractivity contribution >= 4 is 29.3 Å². The minimum absolute atomic E-state index is 0.178. The fourth-order valence-corrected chi connectivity index (χ4v) is 2.11. The molecule has 0 aliphatic carbocycles. The molecular formula is C10H12ClNO2S. The van der Waals surface area contributed by atoms with Crippen molar-refractivity contribution in [3.63, 3.8) is 0 Å². The molecule has 1 N–H and O–H groups in total. The van der Waals surface area contributed by atoms with E-state index >= 15 is 0 Å². The molecule has 0 saturated heterocycles. The van der Waals surface area contributed by atoms with Gasteiger partial charge >= 0.3 is 0 Å². The number of carbonyl (C=O) groups excluding carboxylic acids is 1. The number of halogens is 1. The maximum Gasteiger partial charge on any atom is 0.256 e. The lowest BCUT2D eigenvalue weighted by atomic mass is 10.4. The smallest absolute Gasteiger partial charge is 0.256 e. The Hall–Kier alpha value is -0.710. The zero-order valence-electron chi connectivity index (χ0n) is 8.49. The van der Waals surface area contributed by atoms with Crippen molar-refractivity contribution in [2.24, 2.45) is 0 Å². The predicted molar refractivity (Wildman–Crippen MR) is 61.9 cm³/mol. The second-order valence-corrected chi connectivity index (χ2v) is 4.65. The summed E-state index contributed by atoms with van der Waals surface area (Å²) in [7, 11) is 1.41. The second-order valence-electron chi connectivity index (χ2n) is 2.86. The van der Waals surface area contributed by atoms with Crippen LogP contribution in [0.1, 0.15) is 6.92 Å². The van der Waals surface area contributed by atoms with E-state index in [0.29, 0.717) is 5.02 Å². The molecule has 1 aromatic carbocycles. The van der Waals surface area contributed by atoms with Gasteiger partial charge in [0.2, 0.25) is 0 Å². The lowest BCUT2D eigenvalue weighted by molar-refractivity contribution is -0.130. The first-order valence-electron chi connectivity index (χ1n) is 4.39. The van der Waals surface area contributed by atoms with Crippen molar-refractivity contribution < 1.29 is 9.63 Å². The quantitative estimate of drug-likeness (QED) is 0.654. The SMILES string of the molecule is CONC(=O)C(C)Sc1ccccc1Cl. The highest BCUT2D eigenvalue weighted by molar-refractivity contribution is 8.00. The van der Waals surface area contributed by atoms with Crippen LogP contribution < -0.4 is 5.48 Å². The van der Waals surface area contributed by atoms with Gasteiger partial charge in [-0.1, -0.05) is 23.7 Å². The zero-order valence-corrected chi connectivity index (χ0v) is 10.1. The van der Waals surface area contributed by atoms with Crippen molar-refractivity contribution in [2.45, 2.75) is 17.1 Å². The normalized spacial score (nSPS) is 12.2. The molecule has 0 heterocycles. The Morgan fingerprint density at radius 1 is 1.53 bits per heavy atom. The van der Waals surface area contributed by atoms with Gasteiger partial charge in [-0.3, -0.25) is 9.63 Å². The van der Waals surface area contributed by atoms with E-state index < -0.39 is 0 Å². The molecule has 3 nitrogen and oxygen atoms in total.